The van der Waals surface area contributed by atoms with E-state index in [4.69, 9.17) is 5.11 Å². The standard InChI is InChI=1S/C16H11F2N3O2S/c17-11-3-1-10(2-4-11)15-19-20-16(24-9-14(22)23)21(15)13-7-5-12(18)6-8-13/h1-8H,9H2,(H,22,23). The van der Waals surface area contributed by atoms with Crippen molar-refractivity contribution in [2.75, 3.05) is 5.75 Å². The third-order valence-electron chi connectivity index (χ3n) is 3.15. The zero-order valence-electron chi connectivity index (χ0n) is 12.2. The molecule has 0 aliphatic rings. The Hall–Kier alpha value is -2.74. The van der Waals surface area contributed by atoms with Crippen molar-refractivity contribution >= 4 is 17.7 Å². The van der Waals surface area contributed by atoms with Crippen LogP contribution in [0.4, 0.5) is 8.78 Å². The van der Waals surface area contributed by atoms with Gasteiger partial charge in [0.1, 0.15) is 11.6 Å². The van der Waals surface area contributed by atoms with Gasteiger partial charge in [-0.15, -0.1) is 10.2 Å². The molecule has 0 saturated carbocycles. The minimum Gasteiger partial charge on any atom is -0.481 e. The lowest BCUT2D eigenvalue weighted by Crippen LogP contribution is -2.03. The molecule has 0 bridgehead atoms. The van der Waals surface area contributed by atoms with E-state index in [0.717, 1.165) is 11.8 Å². The lowest BCUT2D eigenvalue weighted by atomic mass is 10.2. The van der Waals surface area contributed by atoms with E-state index in [2.05, 4.69) is 10.2 Å². The average molecular weight is 347 g/mol. The second-order valence-electron chi connectivity index (χ2n) is 4.81. The van der Waals surface area contributed by atoms with Crippen LogP contribution < -0.4 is 0 Å². The molecule has 122 valence electrons. The van der Waals surface area contributed by atoms with E-state index >= 15 is 0 Å². The monoisotopic (exact) mass is 347 g/mol. The van der Waals surface area contributed by atoms with E-state index < -0.39 is 11.8 Å². The van der Waals surface area contributed by atoms with Crippen LogP contribution in [0.5, 0.6) is 0 Å². The van der Waals surface area contributed by atoms with Gasteiger partial charge < -0.3 is 5.11 Å². The fourth-order valence-electron chi connectivity index (χ4n) is 2.10. The first-order chi connectivity index (χ1) is 11.5. The molecule has 0 spiro atoms. The van der Waals surface area contributed by atoms with Crippen molar-refractivity contribution in [3.8, 4) is 17.1 Å². The van der Waals surface area contributed by atoms with Gasteiger partial charge in [0, 0.05) is 11.3 Å². The number of thioether (sulfide) groups is 1. The van der Waals surface area contributed by atoms with Crippen LogP contribution in [-0.2, 0) is 4.79 Å². The summed E-state index contributed by atoms with van der Waals surface area (Å²) < 4.78 is 27.9. The Morgan fingerprint density at radius 2 is 1.58 bits per heavy atom. The SMILES string of the molecule is O=C(O)CSc1nnc(-c2ccc(F)cc2)n1-c1ccc(F)cc1. The number of rotatable bonds is 5. The van der Waals surface area contributed by atoms with E-state index in [1.54, 1.807) is 16.7 Å². The van der Waals surface area contributed by atoms with Gasteiger partial charge in [-0.1, -0.05) is 11.8 Å². The van der Waals surface area contributed by atoms with Gasteiger partial charge in [0.05, 0.1) is 5.75 Å². The first-order valence-electron chi connectivity index (χ1n) is 6.86. The molecule has 1 aromatic heterocycles. The highest BCUT2D eigenvalue weighted by atomic mass is 32.2. The maximum absolute atomic E-state index is 13.2. The highest BCUT2D eigenvalue weighted by molar-refractivity contribution is 7.99. The van der Waals surface area contributed by atoms with Crippen molar-refractivity contribution in [1.82, 2.24) is 14.8 Å². The summed E-state index contributed by atoms with van der Waals surface area (Å²) in [5, 5.41) is 17.3. The number of aromatic nitrogens is 3. The quantitative estimate of drug-likeness (QED) is 0.717. The molecule has 3 aromatic rings. The molecule has 5 nitrogen and oxygen atoms in total. The summed E-state index contributed by atoms with van der Waals surface area (Å²) in [4.78, 5) is 10.8. The summed E-state index contributed by atoms with van der Waals surface area (Å²) in [5.41, 5.74) is 1.18. The molecule has 0 fully saturated rings. The number of nitrogens with zero attached hydrogens (tertiary/aromatic N) is 3. The first-order valence-corrected chi connectivity index (χ1v) is 7.85. The van der Waals surface area contributed by atoms with Crippen molar-refractivity contribution < 1.29 is 18.7 Å². The van der Waals surface area contributed by atoms with Crippen molar-refractivity contribution in [2.45, 2.75) is 5.16 Å². The van der Waals surface area contributed by atoms with Crippen LogP contribution in [0, 0.1) is 11.6 Å². The zero-order valence-corrected chi connectivity index (χ0v) is 13.0. The van der Waals surface area contributed by atoms with Crippen LogP contribution in [0.3, 0.4) is 0 Å². The Morgan fingerprint density at radius 1 is 1.00 bits per heavy atom. The van der Waals surface area contributed by atoms with E-state index in [9.17, 15) is 13.6 Å². The number of carboxylic acid groups (broad SMARTS) is 1. The molecular formula is C16H11F2N3O2S. The van der Waals surface area contributed by atoms with Gasteiger partial charge >= 0.3 is 5.97 Å². The Kier molecular flexibility index (Phi) is 4.57. The van der Waals surface area contributed by atoms with E-state index in [1.807, 2.05) is 0 Å². The normalized spacial score (nSPS) is 10.8. The molecule has 2 aromatic carbocycles. The van der Waals surface area contributed by atoms with Gasteiger partial charge in [-0.3, -0.25) is 9.36 Å². The summed E-state index contributed by atoms with van der Waals surface area (Å²) in [6.07, 6.45) is 0. The van der Waals surface area contributed by atoms with Crippen LogP contribution in [-0.4, -0.2) is 31.6 Å². The Labute approximate surface area is 140 Å². The number of carbonyl (C=O) groups is 1. The highest BCUT2D eigenvalue weighted by Crippen LogP contribution is 2.28. The molecule has 0 atom stereocenters. The molecule has 0 aliphatic carbocycles. The lowest BCUT2D eigenvalue weighted by molar-refractivity contribution is -0.133. The Balaban J connectivity index is 2.09. The fraction of sp³-hybridized carbons (Fsp3) is 0.0625. The maximum atomic E-state index is 13.2. The molecule has 0 radical (unpaired) electrons. The topological polar surface area (TPSA) is 68.0 Å². The fourth-order valence-corrected chi connectivity index (χ4v) is 2.77. The predicted octanol–water partition coefficient (Wildman–Crippen LogP) is 3.39. The average Bonchev–Trinajstić information content (AvgIpc) is 2.98. The van der Waals surface area contributed by atoms with Gasteiger partial charge in [-0.25, -0.2) is 8.78 Å². The summed E-state index contributed by atoms with van der Waals surface area (Å²) in [7, 11) is 0. The number of hydrogen-bond donors (Lipinski definition) is 1. The molecule has 1 N–H and O–H groups in total. The second kappa shape index (κ2) is 6.79. The molecule has 8 heteroatoms. The number of benzene rings is 2. The van der Waals surface area contributed by atoms with E-state index in [1.165, 1.54) is 36.4 Å². The van der Waals surface area contributed by atoms with Crippen LogP contribution in [0.2, 0.25) is 0 Å². The summed E-state index contributed by atoms with van der Waals surface area (Å²) in [5.74, 6) is -1.55. The van der Waals surface area contributed by atoms with Crippen molar-refractivity contribution in [3.63, 3.8) is 0 Å². The van der Waals surface area contributed by atoms with E-state index in [0.29, 0.717) is 22.2 Å². The van der Waals surface area contributed by atoms with Crippen LogP contribution in [0.25, 0.3) is 17.1 Å². The van der Waals surface area contributed by atoms with Crippen LogP contribution in [0.1, 0.15) is 0 Å². The maximum Gasteiger partial charge on any atom is 0.313 e. The molecule has 1 heterocycles. The van der Waals surface area contributed by atoms with Gasteiger partial charge in [-0.2, -0.15) is 0 Å². The lowest BCUT2D eigenvalue weighted by Gasteiger charge is -2.10. The smallest absolute Gasteiger partial charge is 0.313 e. The van der Waals surface area contributed by atoms with Crippen LogP contribution >= 0.6 is 11.8 Å². The van der Waals surface area contributed by atoms with Crippen LogP contribution in [0.15, 0.2) is 53.7 Å². The third-order valence-corrected chi connectivity index (χ3v) is 4.06. The third kappa shape index (κ3) is 3.43. The molecule has 24 heavy (non-hydrogen) atoms. The van der Waals surface area contributed by atoms with Gasteiger partial charge in [0.2, 0.25) is 0 Å². The van der Waals surface area contributed by atoms with Gasteiger partial charge in [0.25, 0.3) is 0 Å². The van der Waals surface area contributed by atoms with E-state index in [-0.39, 0.29) is 11.6 Å². The van der Waals surface area contributed by atoms with Crippen molar-refractivity contribution in [3.05, 3.63) is 60.2 Å². The molecular weight excluding hydrogens is 336 g/mol. The number of aliphatic carboxylic acids is 1. The van der Waals surface area contributed by atoms with Gasteiger partial charge in [0.15, 0.2) is 11.0 Å². The Morgan fingerprint density at radius 3 is 2.17 bits per heavy atom. The number of hydrogen-bond acceptors (Lipinski definition) is 4. The zero-order chi connectivity index (χ0) is 17.1. The summed E-state index contributed by atoms with van der Waals surface area (Å²) in [6.45, 7) is 0. The van der Waals surface area contributed by atoms with Crippen molar-refractivity contribution in [1.29, 1.82) is 0 Å². The first kappa shape index (κ1) is 16.1. The van der Waals surface area contributed by atoms with Crippen molar-refractivity contribution in [2.24, 2.45) is 0 Å². The number of halogens is 2. The van der Waals surface area contributed by atoms with Gasteiger partial charge in [-0.05, 0) is 48.5 Å². The predicted molar refractivity (Wildman–Crippen MR) is 85.1 cm³/mol. The Bertz CT molecular complexity index is 864. The molecule has 0 unspecified atom stereocenters. The largest absolute Gasteiger partial charge is 0.481 e. The molecule has 0 amide bonds. The molecule has 0 aliphatic heterocycles. The summed E-state index contributed by atoms with van der Waals surface area (Å²) >= 11 is 0.995. The second-order valence-corrected chi connectivity index (χ2v) is 5.75. The summed E-state index contributed by atoms with van der Waals surface area (Å²) in [6, 6.07) is 11.3. The minimum absolute atomic E-state index is 0.192. The minimum atomic E-state index is -0.989. The molecule has 0 saturated heterocycles. The number of carboxylic acids is 1. The highest BCUT2D eigenvalue weighted by Gasteiger charge is 2.17. The molecule has 3 rings (SSSR count).